The number of hydrogen-bond donors (Lipinski definition) is 0. The van der Waals surface area contributed by atoms with Gasteiger partial charge in [0.25, 0.3) is 5.91 Å². The van der Waals surface area contributed by atoms with E-state index in [2.05, 4.69) is 5.10 Å². The highest BCUT2D eigenvalue weighted by atomic mass is 32.2. The van der Waals surface area contributed by atoms with Gasteiger partial charge in [0.1, 0.15) is 11.5 Å². The first-order chi connectivity index (χ1) is 13.9. The maximum atomic E-state index is 13.1. The predicted octanol–water partition coefficient (Wildman–Crippen LogP) is 2.46. The Kier molecular flexibility index (Phi) is 5.44. The molecule has 156 valence electrons. The van der Waals surface area contributed by atoms with Crippen molar-refractivity contribution in [3.05, 3.63) is 47.5 Å². The van der Waals surface area contributed by atoms with E-state index in [9.17, 15) is 17.6 Å². The summed E-state index contributed by atoms with van der Waals surface area (Å²) in [5.41, 5.74) is 1.49. The van der Waals surface area contributed by atoms with E-state index in [4.69, 9.17) is 0 Å². The molecular formula is C20H25FN4O3S. The summed E-state index contributed by atoms with van der Waals surface area (Å²) in [5, 5.41) is 4.67. The van der Waals surface area contributed by atoms with Gasteiger partial charge in [-0.25, -0.2) is 12.8 Å². The smallest absolute Gasteiger partial charge is 0.272 e. The maximum absolute atomic E-state index is 13.1. The van der Waals surface area contributed by atoms with Crippen LogP contribution in [0.4, 0.5) is 4.39 Å². The molecular weight excluding hydrogens is 395 g/mol. The Morgan fingerprint density at radius 3 is 2.45 bits per heavy atom. The van der Waals surface area contributed by atoms with E-state index < -0.39 is 15.8 Å². The average molecular weight is 421 g/mol. The molecule has 0 bridgehead atoms. The Hall–Kier alpha value is -2.26. The summed E-state index contributed by atoms with van der Waals surface area (Å²) < 4.78 is 41.9. The fraction of sp³-hybridized carbons (Fsp3) is 0.500. The van der Waals surface area contributed by atoms with Gasteiger partial charge in [0.2, 0.25) is 10.0 Å². The molecule has 0 radical (unpaired) electrons. The number of piperidine rings is 1. The molecule has 29 heavy (non-hydrogen) atoms. The minimum atomic E-state index is -3.63. The van der Waals surface area contributed by atoms with Gasteiger partial charge in [0.05, 0.1) is 10.6 Å². The Balaban J connectivity index is 1.47. The van der Waals surface area contributed by atoms with Gasteiger partial charge >= 0.3 is 0 Å². The lowest BCUT2D eigenvalue weighted by atomic mass is 9.94. The molecule has 4 rings (SSSR count). The number of aromatic nitrogens is 2. The number of halogens is 1. The topological polar surface area (TPSA) is 75.5 Å². The first-order valence-electron chi connectivity index (χ1n) is 10.0. The van der Waals surface area contributed by atoms with E-state index in [-0.39, 0.29) is 16.7 Å². The molecule has 1 saturated heterocycles. The zero-order valence-electron chi connectivity index (χ0n) is 16.4. The van der Waals surface area contributed by atoms with E-state index in [1.165, 1.54) is 16.4 Å². The Morgan fingerprint density at radius 1 is 1.10 bits per heavy atom. The van der Waals surface area contributed by atoms with Crippen molar-refractivity contribution < 1.29 is 17.6 Å². The average Bonchev–Trinajstić information content (AvgIpc) is 3.09. The molecule has 0 saturated carbocycles. The largest absolute Gasteiger partial charge is 0.338 e. The van der Waals surface area contributed by atoms with Crippen LogP contribution in [-0.2, 0) is 16.6 Å². The van der Waals surface area contributed by atoms with E-state index in [0.29, 0.717) is 38.2 Å². The van der Waals surface area contributed by atoms with Crippen molar-refractivity contribution in [1.29, 1.82) is 0 Å². The second kappa shape index (κ2) is 7.87. The number of amides is 1. The lowest BCUT2D eigenvalue weighted by Crippen LogP contribution is -2.38. The summed E-state index contributed by atoms with van der Waals surface area (Å²) in [6.07, 6.45) is 2.16. The van der Waals surface area contributed by atoms with Gasteiger partial charge in [-0.15, -0.1) is 0 Å². The Labute approximate surface area is 170 Å². The van der Waals surface area contributed by atoms with E-state index in [1.54, 1.807) is 4.68 Å². The van der Waals surface area contributed by atoms with Gasteiger partial charge in [-0.1, -0.05) is 0 Å². The highest BCUT2D eigenvalue weighted by Crippen LogP contribution is 2.31. The third-order valence-electron chi connectivity index (χ3n) is 5.81. The maximum Gasteiger partial charge on any atom is 0.272 e. The molecule has 3 heterocycles. The number of aryl methyl sites for hydroxylation is 1. The molecule has 1 aromatic heterocycles. The van der Waals surface area contributed by atoms with Crippen LogP contribution in [-0.4, -0.2) is 59.5 Å². The third-order valence-corrected chi connectivity index (χ3v) is 7.72. The number of hydrogen-bond acceptors (Lipinski definition) is 4. The van der Waals surface area contributed by atoms with E-state index in [0.717, 1.165) is 37.3 Å². The van der Waals surface area contributed by atoms with Gasteiger partial charge in [0, 0.05) is 38.6 Å². The monoisotopic (exact) mass is 420 g/mol. The number of sulfonamides is 1. The lowest BCUT2D eigenvalue weighted by molar-refractivity contribution is 0.0766. The minimum Gasteiger partial charge on any atom is -0.338 e. The summed E-state index contributed by atoms with van der Waals surface area (Å²) in [4.78, 5) is 14.6. The first-order valence-corrected chi connectivity index (χ1v) is 11.5. The summed E-state index contributed by atoms with van der Waals surface area (Å²) in [5.74, 6) is -0.324. The molecule has 2 aromatic rings. The van der Waals surface area contributed by atoms with Crippen molar-refractivity contribution in [2.24, 2.45) is 0 Å². The molecule has 1 fully saturated rings. The summed E-state index contributed by atoms with van der Waals surface area (Å²) >= 11 is 0. The second-order valence-corrected chi connectivity index (χ2v) is 9.49. The molecule has 0 spiro atoms. The van der Waals surface area contributed by atoms with Gasteiger partial charge in [-0.3, -0.25) is 9.48 Å². The van der Waals surface area contributed by atoms with E-state index in [1.807, 2.05) is 17.9 Å². The lowest BCUT2D eigenvalue weighted by Gasteiger charge is -2.30. The molecule has 2 aliphatic rings. The Morgan fingerprint density at radius 2 is 1.79 bits per heavy atom. The van der Waals surface area contributed by atoms with Crippen LogP contribution in [0.25, 0.3) is 0 Å². The molecule has 0 aliphatic carbocycles. The Bertz CT molecular complexity index is 995. The van der Waals surface area contributed by atoms with Crippen molar-refractivity contribution in [1.82, 2.24) is 19.0 Å². The second-order valence-electron chi connectivity index (χ2n) is 7.55. The van der Waals surface area contributed by atoms with Crippen LogP contribution in [0.5, 0.6) is 0 Å². The highest BCUT2D eigenvalue weighted by molar-refractivity contribution is 7.89. The molecule has 1 amide bonds. The highest BCUT2D eigenvalue weighted by Gasteiger charge is 2.32. The van der Waals surface area contributed by atoms with Crippen molar-refractivity contribution in [3.8, 4) is 0 Å². The van der Waals surface area contributed by atoms with Gasteiger partial charge < -0.3 is 4.90 Å². The number of rotatable bonds is 4. The van der Waals surface area contributed by atoms with Crippen LogP contribution < -0.4 is 0 Å². The van der Waals surface area contributed by atoms with Crippen molar-refractivity contribution in [3.63, 3.8) is 0 Å². The molecule has 9 heteroatoms. The van der Waals surface area contributed by atoms with Crippen LogP contribution >= 0.6 is 0 Å². The van der Waals surface area contributed by atoms with Crippen LogP contribution in [0.3, 0.4) is 0 Å². The number of fused-ring (bicyclic) bond motifs is 1. The molecule has 2 aliphatic heterocycles. The molecule has 0 atom stereocenters. The summed E-state index contributed by atoms with van der Waals surface area (Å²) in [6.45, 7) is 4.87. The third kappa shape index (κ3) is 3.81. The predicted molar refractivity (Wildman–Crippen MR) is 106 cm³/mol. The zero-order valence-corrected chi connectivity index (χ0v) is 17.2. The van der Waals surface area contributed by atoms with Gasteiger partial charge in [-0.05, 0) is 56.5 Å². The quantitative estimate of drug-likeness (QED) is 0.762. The number of benzene rings is 1. The number of carbonyl (C=O) groups is 1. The fourth-order valence-electron chi connectivity index (χ4n) is 4.10. The standard InChI is InChI=1S/C20H25FN4O3S/c1-2-23-10-3-11-25-19(20(23)26)14-18(22-25)15-8-12-24(13-9-15)29(27,28)17-6-4-16(21)5-7-17/h4-7,14-15H,2-3,8-13H2,1H3. The molecule has 7 nitrogen and oxygen atoms in total. The number of nitrogens with zero attached hydrogens (tertiary/aromatic N) is 4. The van der Waals surface area contributed by atoms with Gasteiger partial charge in [-0.2, -0.15) is 9.40 Å². The summed E-state index contributed by atoms with van der Waals surface area (Å²) in [6, 6.07) is 6.80. The zero-order chi connectivity index (χ0) is 20.6. The van der Waals surface area contributed by atoms with Crippen LogP contribution in [0.1, 0.15) is 48.3 Å². The fourth-order valence-corrected chi connectivity index (χ4v) is 5.57. The van der Waals surface area contributed by atoms with Crippen LogP contribution in [0.2, 0.25) is 0 Å². The molecule has 1 aromatic carbocycles. The first kappa shape index (κ1) is 20.0. The van der Waals surface area contributed by atoms with E-state index >= 15 is 0 Å². The molecule has 0 N–H and O–H groups in total. The van der Waals surface area contributed by atoms with Crippen molar-refractivity contribution in [2.75, 3.05) is 26.2 Å². The molecule has 0 unspecified atom stereocenters. The van der Waals surface area contributed by atoms with Gasteiger partial charge in [0.15, 0.2) is 0 Å². The van der Waals surface area contributed by atoms with Crippen molar-refractivity contribution >= 4 is 15.9 Å². The minimum absolute atomic E-state index is 0.0140. The normalized spacial score (nSPS) is 19.2. The van der Waals surface area contributed by atoms with Crippen LogP contribution in [0.15, 0.2) is 35.2 Å². The SMILES string of the molecule is CCN1CCCn2nc(C3CCN(S(=O)(=O)c4ccc(F)cc4)CC3)cc2C1=O. The number of carbonyl (C=O) groups excluding carboxylic acids is 1. The van der Waals surface area contributed by atoms with Crippen molar-refractivity contribution in [2.45, 2.75) is 43.5 Å². The summed E-state index contributed by atoms with van der Waals surface area (Å²) in [7, 11) is -3.63. The van der Waals surface area contributed by atoms with Crippen LogP contribution in [0, 0.1) is 5.82 Å².